The summed E-state index contributed by atoms with van der Waals surface area (Å²) in [5, 5.41) is 5.53. The van der Waals surface area contributed by atoms with Crippen LogP contribution in [0.5, 0.6) is 5.75 Å². The molecule has 23 heavy (non-hydrogen) atoms. The summed E-state index contributed by atoms with van der Waals surface area (Å²) in [6.07, 6.45) is 1.50. The summed E-state index contributed by atoms with van der Waals surface area (Å²) < 4.78 is 10.3. The first kappa shape index (κ1) is 16.9. The molecule has 0 bridgehead atoms. The summed E-state index contributed by atoms with van der Waals surface area (Å²) in [5.74, 6) is 0.293. The van der Waals surface area contributed by atoms with E-state index in [0.29, 0.717) is 23.4 Å². The molecular weight excluding hydrogens is 296 g/mol. The molecule has 6 nitrogen and oxygen atoms in total. The number of urea groups is 1. The van der Waals surface area contributed by atoms with Crippen molar-refractivity contribution in [3.63, 3.8) is 0 Å². The minimum Gasteiger partial charge on any atom is -0.497 e. The van der Waals surface area contributed by atoms with Gasteiger partial charge in [0.2, 0.25) is 0 Å². The highest BCUT2D eigenvalue weighted by Gasteiger charge is 2.32. The number of hydrogen-bond acceptors (Lipinski definition) is 4. The van der Waals surface area contributed by atoms with Crippen molar-refractivity contribution < 1.29 is 19.1 Å². The van der Waals surface area contributed by atoms with Crippen LogP contribution in [0.15, 0.2) is 29.8 Å². The van der Waals surface area contributed by atoms with Gasteiger partial charge in [-0.05, 0) is 43.2 Å². The third kappa shape index (κ3) is 3.83. The molecule has 0 aliphatic carbocycles. The summed E-state index contributed by atoms with van der Waals surface area (Å²) in [5.41, 5.74) is 1.69. The first-order chi connectivity index (χ1) is 11.1. The van der Waals surface area contributed by atoms with Gasteiger partial charge in [-0.3, -0.25) is 0 Å². The fourth-order valence-corrected chi connectivity index (χ4v) is 2.57. The van der Waals surface area contributed by atoms with Gasteiger partial charge in [0.05, 0.1) is 31.0 Å². The Hall–Kier alpha value is -2.50. The van der Waals surface area contributed by atoms with E-state index in [4.69, 9.17) is 9.47 Å². The van der Waals surface area contributed by atoms with Gasteiger partial charge in [0.15, 0.2) is 0 Å². The molecule has 0 aromatic heterocycles. The number of hydrogen-bond donors (Lipinski definition) is 2. The van der Waals surface area contributed by atoms with Crippen LogP contribution in [0.1, 0.15) is 32.3 Å². The molecule has 1 aliphatic rings. The average molecular weight is 318 g/mol. The first-order valence-corrected chi connectivity index (χ1v) is 7.73. The molecule has 0 saturated carbocycles. The van der Waals surface area contributed by atoms with E-state index in [9.17, 15) is 9.59 Å². The zero-order chi connectivity index (χ0) is 16.8. The van der Waals surface area contributed by atoms with Gasteiger partial charge >= 0.3 is 12.0 Å². The first-order valence-electron chi connectivity index (χ1n) is 7.73. The Balaban J connectivity index is 2.50. The molecule has 0 radical (unpaired) electrons. The fourth-order valence-electron chi connectivity index (χ4n) is 2.57. The molecule has 0 fully saturated rings. The molecule has 1 aromatic carbocycles. The Morgan fingerprint density at radius 1 is 1.22 bits per heavy atom. The summed E-state index contributed by atoms with van der Waals surface area (Å²) in [6.45, 7) is 4.05. The molecule has 1 aromatic rings. The van der Waals surface area contributed by atoms with Crippen LogP contribution in [0.25, 0.3) is 5.70 Å². The van der Waals surface area contributed by atoms with Gasteiger partial charge in [-0.25, -0.2) is 9.59 Å². The number of carbonyl (C=O) groups excluding carboxylic acids is 2. The van der Waals surface area contributed by atoms with Crippen molar-refractivity contribution in [2.24, 2.45) is 0 Å². The summed E-state index contributed by atoms with van der Waals surface area (Å²) in [7, 11) is 1.59. The van der Waals surface area contributed by atoms with Gasteiger partial charge in [-0.2, -0.15) is 0 Å². The molecule has 0 spiro atoms. The minimum absolute atomic E-state index is 0.283. The van der Waals surface area contributed by atoms with Crippen molar-refractivity contribution in [3.8, 4) is 5.75 Å². The Kier molecular flexibility index (Phi) is 5.62. The lowest BCUT2D eigenvalue weighted by Crippen LogP contribution is -2.49. The van der Waals surface area contributed by atoms with E-state index in [-0.39, 0.29) is 18.7 Å². The quantitative estimate of drug-likeness (QED) is 0.790. The maximum atomic E-state index is 12.4. The highest BCUT2D eigenvalue weighted by atomic mass is 16.5. The predicted octanol–water partition coefficient (Wildman–Crippen LogP) is 2.45. The molecule has 2 rings (SSSR count). The lowest BCUT2D eigenvalue weighted by molar-refractivity contribution is -0.138. The summed E-state index contributed by atoms with van der Waals surface area (Å²) in [6, 6.07) is 6.51. The number of benzene rings is 1. The van der Waals surface area contributed by atoms with E-state index in [1.54, 1.807) is 26.2 Å². The van der Waals surface area contributed by atoms with Gasteiger partial charge in [-0.15, -0.1) is 0 Å². The van der Waals surface area contributed by atoms with Crippen molar-refractivity contribution >= 4 is 17.7 Å². The second kappa shape index (κ2) is 7.67. The number of carbonyl (C=O) groups is 2. The van der Waals surface area contributed by atoms with Crippen LogP contribution < -0.4 is 15.4 Å². The standard InChI is InChI=1S/C17H22N2O4/c1-4-6-13-14(16(20)23-5-2)15(19-17(21)18-13)11-7-9-12(22-3)10-8-11/h7-10,13H,4-6H2,1-3H3,(H2,18,19,21). The normalized spacial score (nSPS) is 17.3. The number of esters is 1. The van der Waals surface area contributed by atoms with Gasteiger partial charge < -0.3 is 20.1 Å². The van der Waals surface area contributed by atoms with E-state index in [1.807, 2.05) is 19.1 Å². The van der Waals surface area contributed by atoms with Crippen molar-refractivity contribution in [1.82, 2.24) is 10.6 Å². The molecule has 2 N–H and O–H groups in total. The van der Waals surface area contributed by atoms with E-state index < -0.39 is 5.97 Å². The Morgan fingerprint density at radius 2 is 1.91 bits per heavy atom. The second-order valence-electron chi connectivity index (χ2n) is 5.18. The predicted molar refractivity (Wildman–Crippen MR) is 86.9 cm³/mol. The zero-order valence-corrected chi connectivity index (χ0v) is 13.6. The van der Waals surface area contributed by atoms with Crippen molar-refractivity contribution in [2.45, 2.75) is 32.7 Å². The van der Waals surface area contributed by atoms with Gasteiger partial charge in [0.1, 0.15) is 5.75 Å². The van der Waals surface area contributed by atoms with Crippen LogP contribution in [0.4, 0.5) is 4.79 Å². The third-order valence-corrected chi connectivity index (χ3v) is 3.61. The van der Waals surface area contributed by atoms with Crippen molar-refractivity contribution in [2.75, 3.05) is 13.7 Å². The molecular formula is C17H22N2O4. The summed E-state index contributed by atoms with van der Waals surface area (Å²) in [4.78, 5) is 24.3. The number of amides is 2. The lowest BCUT2D eigenvalue weighted by Gasteiger charge is -2.29. The number of ether oxygens (including phenoxy) is 2. The fraction of sp³-hybridized carbons (Fsp3) is 0.412. The number of nitrogens with one attached hydrogen (secondary N) is 2. The average Bonchev–Trinajstić information content (AvgIpc) is 2.55. The van der Waals surface area contributed by atoms with E-state index in [1.165, 1.54) is 0 Å². The Morgan fingerprint density at radius 3 is 2.48 bits per heavy atom. The van der Waals surface area contributed by atoms with Crippen LogP contribution >= 0.6 is 0 Å². The Labute approximate surface area is 135 Å². The van der Waals surface area contributed by atoms with E-state index in [0.717, 1.165) is 12.0 Å². The molecule has 2 amide bonds. The SMILES string of the molecule is CCCC1NC(=O)NC(c2ccc(OC)cc2)=C1C(=O)OCC. The number of methoxy groups -OCH3 is 1. The topological polar surface area (TPSA) is 76.7 Å². The van der Waals surface area contributed by atoms with Crippen LogP contribution in [-0.4, -0.2) is 31.8 Å². The minimum atomic E-state index is -0.413. The largest absolute Gasteiger partial charge is 0.497 e. The van der Waals surface area contributed by atoms with Crippen LogP contribution in [0.3, 0.4) is 0 Å². The van der Waals surface area contributed by atoms with Crippen molar-refractivity contribution in [1.29, 1.82) is 0 Å². The molecule has 1 heterocycles. The molecule has 1 atom stereocenters. The van der Waals surface area contributed by atoms with E-state index in [2.05, 4.69) is 10.6 Å². The smallest absolute Gasteiger partial charge is 0.338 e. The highest BCUT2D eigenvalue weighted by Crippen LogP contribution is 2.26. The highest BCUT2D eigenvalue weighted by molar-refractivity contribution is 6.04. The van der Waals surface area contributed by atoms with Gasteiger partial charge in [0.25, 0.3) is 0 Å². The summed E-state index contributed by atoms with van der Waals surface area (Å²) >= 11 is 0. The molecule has 124 valence electrons. The van der Waals surface area contributed by atoms with Crippen LogP contribution in [0, 0.1) is 0 Å². The molecule has 6 heteroatoms. The van der Waals surface area contributed by atoms with Crippen LogP contribution in [-0.2, 0) is 9.53 Å². The lowest BCUT2D eigenvalue weighted by atomic mass is 9.95. The maximum absolute atomic E-state index is 12.4. The van der Waals surface area contributed by atoms with Gasteiger partial charge in [-0.1, -0.05) is 13.3 Å². The van der Waals surface area contributed by atoms with Gasteiger partial charge in [0, 0.05) is 0 Å². The zero-order valence-electron chi connectivity index (χ0n) is 13.6. The monoisotopic (exact) mass is 318 g/mol. The maximum Gasteiger partial charge on any atom is 0.338 e. The van der Waals surface area contributed by atoms with Crippen molar-refractivity contribution in [3.05, 3.63) is 35.4 Å². The second-order valence-corrected chi connectivity index (χ2v) is 5.18. The van der Waals surface area contributed by atoms with E-state index >= 15 is 0 Å². The molecule has 1 unspecified atom stereocenters. The molecule has 0 saturated heterocycles. The number of rotatable bonds is 6. The molecule has 1 aliphatic heterocycles. The third-order valence-electron chi connectivity index (χ3n) is 3.61. The van der Waals surface area contributed by atoms with Crippen LogP contribution in [0.2, 0.25) is 0 Å². The Bertz CT molecular complexity index is 608.